The van der Waals surface area contributed by atoms with E-state index in [4.69, 9.17) is 0 Å². The Kier molecular flexibility index (Phi) is 2.36. The minimum absolute atomic E-state index is 0.0648. The van der Waals surface area contributed by atoms with Crippen LogP contribution in [0.1, 0.15) is 25.3 Å². The lowest BCUT2D eigenvalue weighted by Crippen LogP contribution is -2.32. The molecular weight excluding hydrogens is 164 g/mol. The SMILES string of the molecule is CCn1cc(CC2CCC2O)cn1. The average Bonchev–Trinajstić information content (AvgIpc) is 2.59. The molecule has 1 aliphatic rings. The van der Waals surface area contributed by atoms with Gasteiger partial charge >= 0.3 is 0 Å². The first-order chi connectivity index (χ1) is 6.29. The molecule has 1 fully saturated rings. The summed E-state index contributed by atoms with van der Waals surface area (Å²) in [5, 5.41) is 13.6. The van der Waals surface area contributed by atoms with Gasteiger partial charge in [-0.2, -0.15) is 5.10 Å². The lowest BCUT2D eigenvalue weighted by Gasteiger charge is -2.31. The van der Waals surface area contributed by atoms with Gasteiger partial charge in [-0.1, -0.05) is 0 Å². The first kappa shape index (κ1) is 8.75. The molecule has 0 aromatic carbocycles. The van der Waals surface area contributed by atoms with E-state index in [1.165, 1.54) is 12.0 Å². The van der Waals surface area contributed by atoms with Gasteiger partial charge in [0, 0.05) is 12.7 Å². The van der Waals surface area contributed by atoms with Crippen LogP contribution in [0.25, 0.3) is 0 Å². The molecule has 2 atom stereocenters. The Bertz CT molecular complexity index is 282. The fourth-order valence-corrected chi connectivity index (χ4v) is 1.78. The van der Waals surface area contributed by atoms with Crippen LogP contribution >= 0.6 is 0 Å². The number of hydrogen-bond acceptors (Lipinski definition) is 2. The zero-order valence-electron chi connectivity index (χ0n) is 7.98. The highest BCUT2D eigenvalue weighted by molar-refractivity contribution is 5.06. The smallest absolute Gasteiger partial charge is 0.0571 e. The second kappa shape index (κ2) is 3.50. The highest BCUT2D eigenvalue weighted by Crippen LogP contribution is 2.30. The van der Waals surface area contributed by atoms with Gasteiger partial charge in [0.2, 0.25) is 0 Å². The van der Waals surface area contributed by atoms with Crippen LogP contribution in [-0.2, 0) is 13.0 Å². The van der Waals surface area contributed by atoms with E-state index in [2.05, 4.69) is 18.2 Å². The topological polar surface area (TPSA) is 38.0 Å². The molecule has 1 aromatic rings. The summed E-state index contributed by atoms with van der Waals surface area (Å²) in [6, 6.07) is 0. The number of nitrogens with zero attached hydrogens (tertiary/aromatic N) is 2. The molecule has 0 aliphatic heterocycles. The van der Waals surface area contributed by atoms with E-state index < -0.39 is 0 Å². The lowest BCUT2D eigenvalue weighted by atomic mass is 9.78. The van der Waals surface area contributed by atoms with Crippen LogP contribution in [0.5, 0.6) is 0 Å². The summed E-state index contributed by atoms with van der Waals surface area (Å²) in [6.07, 6.45) is 7.05. The molecule has 2 rings (SSSR count). The minimum atomic E-state index is -0.0648. The Morgan fingerprint density at radius 3 is 2.92 bits per heavy atom. The molecule has 1 saturated carbocycles. The van der Waals surface area contributed by atoms with Gasteiger partial charge in [-0.25, -0.2) is 0 Å². The van der Waals surface area contributed by atoms with Crippen LogP contribution in [0.4, 0.5) is 0 Å². The van der Waals surface area contributed by atoms with Gasteiger partial charge in [-0.15, -0.1) is 0 Å². The maximum absolute atomic E-state index is 9.41. The van der Waals surface area contributed by atoms with Crippen molar-refractivity contribution < 1.29 is 5.11 Å². The molecule has 3 heteroatoms. The van der Waals surface area contributed by atoms with E-state index in [9.17, 15) is 5.11 Å². The predicted octanol–water partition coefficient (Wildman–Crippen LogP) is 1.22. The number of aryl methyl sites for hydroxylation is 1. The standard InChI is InChI=1S/C10H16N2O/c1-2-12-7-8(6-11-12)5-9-3-4-10(9)13/h6-7,9-10,13H,2-5H2,1H3. The largest absolute Gasteiger partial charge is 0.393 e. The Morgan fingerprint density at radius 1 is 1.62 bits per heavy atom. The molecule has 2 unspecified atom stereocenters. The number of aliphatic hydroxyl groups is 1. The molecule has 13 heavy (non-hydrogen) atoms. The molecule has 0 radical (unpaired) electrons. The van der Waals surface area contributed by atoms with Crippen LogP contribution < -0.4 is 0 Å². The van der Waals surface area contributed by atoms with Crippen molar-refractivity contribution in [3.05, 3.63) is 18.0 Å². The number of hydrogen-bond donors (Lipinski definition) is 1. The zero-order chi connectivity index (χ0) is 9.26. The summed E-state index contributed by atoms with van der Waals surface area (Å²) in [6.45, 7) is 3.00. The quantitative estimate of drug-likeness (QED) is 0.759. The van der Waals surface area contributed by atoms with Crippen molar-refractivity contribution in [3.8, 4) is 0 Å². The van der Waals surface area contributed by atoms with E-state index in [-0.39, 0.29) is 6.10 Å². The van der Waals surface area contributed by atoms with Gasteiger partial charge in [-0.05, 0) is 37.7 Å². The molecule has 1 aliphatic carbocycles. The van der Waals surface area contributed by atoms with Crippen LogP contribution in [0.15, 0.2) is 12.4 Å². The molecule has 0 spiro atoms. The van der Waals surface area contributed by atoms with Gasteiger partial charge in [0.05, 0.1) is 12.3 Å². The van der Waals surface area contributed by atoms with Crippen LogP contribution in [0.2, 0.25) is 0 Å². The zero-order valence-corrected chi connectivity index (χ0v) is 7.98. The third kappa shape index (κ3) is 1.75. The number of aromatic nitrogens is 2. The Labute approximate surface area is 78.4 Å². The van der Waals surface area contributed by atoms with E-state index in [1.807, 2.05) is 10.9 Å². The van der Waals surface area contributed by atoms with Crippen molar-refractivity contribution in [2.75, 3.05) is 0 Å². The van der Waals surface area contributed by atoms with Crippen molar-refractivity contribution in [1.82, 2.24) is 9.78 Å². The second-order valence-electron chi connectivity index (χ2n) is 3.81. The average molecular weight is 180 g/mol. The van der Waals surface area contributed by atoms with E-state index in [0.717, 1.165) is 19.4 Å². The van der Waals surface area contributed by atoms with Crippen LogP contribution in [-0.4, -0.2) is 21.0 Å². The van der Waals surface area contributed by atoms with Crippen LogP contribution in [0, 0.1) is 5.92 Å². The van der Waals surface area contributed by atoms with Gasteiger partial charge in [0.15, 0.2) is 0 Å². The predicted molar refractivity (Wildman–Crippen MR) is 50.3 cm³/mol. The monoisotopic (exact) mass is 180 g/mol. The van der Waals surface area contributed by atoms with Crippen molar-refractivity contribution in [2.45, 2.75) is 38.8 Å². The van der Waals surface area contributed by atoms with Crippen molar-refractivity contribution in [3.63, 3.8) is 0 Å². The fourth-order valence-electron chi connectivity index (χ4n) is 1.78. The third-order valence-corrected chi connectivity index (χ3v) is 2.89. The first-order valence-corrected chi connectivity index (χ1v) is 4.99. The summed E-state index contributed by atoms with van der Waals surface area (Å²) >= 11 is 0. The molecule has 0 saturated heterocycles. The third-order valence-electron chi connectivity index (χ3n) is 2.89. The van der Waals surface area contributed by atoms with E-state index in [0.29, 0.717) is 5.92 Å². The summed E-state index contributed by atoms with van der Waals surface area (Å²) in [5.41, 5.74) is 1.26. The first-order valence-electron chi connectivity index (χ1n) is 4.99. The molecular formula is C10H16N2O. The van der Waals surface area contributed by atoms with Crippen molar-refractivity contribution in [2.24, 2.45) is 5.92 Å². The van der Waals surface area contributed by atoms with E-state index >= 15 is 0 Å². The molecule has 1 aromatic heterocycles. The normalized spacial score (nSPS) is 27.2. The Hall–Kier alpha value is -0.830. The van der Waals surface area contributed by atoms with Gasteiger partial charge < -0.3 is 5.11 Å². The van der Waals surface area contributed by atoms with Crippen molar-refractivity contribution >= 4 is 0 Å². The highest BCUT2D eigenvalue weighted by atomic mass is 16.3. The van der Waals surface area contributed by atoms with Gasteiger partial charge in [0.1, 0.15) is 0 Å². The number of aliphatic hydroxyl groups excluding tert-OH is 1. The van der Waals surface area contributed by atoms with Gasteiger partial charge in [-0.3, -0.25) is 4.68 Å². The molecule has 1 N–H and O–H groups in total. The second-order valence-corrected chi connectivity index (χ2v) is 3.81. The summed E-state index contributed by atoms with van der Waals surface area (Å²) in [4.78, 5) is 0. The summed E-state index contributed by atoms with van der Waals surface area (Å²) in [5.74, 6) is 0.481. The Balaban J connectivity index is 1.93. The molecule has 0 bridgehead atoms. The fraction of sp³-hybridized carbons (Fsp3) is 0.700. The van der Waals surface area contributed by atoms with Gasteiger partial charge in [0.25, 0.3) is 0 Å². The van der Waals surface area contributed by atoms with Crippen molar-refractivity contribution in [1.29, 1.82) is 0 Å². The summed E-state index contributed by atoms with van der Waals surface area (Å²) in [7, 11) is 0. The maximum Gasteiger partial charge on any atom is 0.0571 e. The highest BCUT2D eigenvalue weighted by Gasteiger charge is 2.28. The van der Waals surface area contributed by atoms with E-state index in [1.54, 1.807) is 0 Å². The molecule has 0 amide bonds. The lowest BCUT2D eigenvalue weighted by molar-refractivity contribution is 0.0244. The maximum atomic E-state index is 9.41. The number of rotatable bonds is 3. The van der Waals surface area contributed by atoms with Crippen LogP contribution in [0.3, 0.4) is 0 Å². The molecule has 3 nitrogen and oxygen atoms in total. The summed E-state index contributed by atoms with van der Waals surface area (Å²) < 4.78 is 1.93. The minimum Gasteiger partial charge on any atom is -0.393 e. The molecule has 1 heterocycles. The Morgan fingerprint density at radius 2 is 2.46 bits per heavy atom. The molecule has 72 valence electrons.